The third-order valence-corrected chi connectivity index (χ3v) is 0.921. The van der Waals surface area contributed by atoms with E-state index in [0.717, 1.165) is 0 Å². The zero-order chi connectivity index (χ0) is 9.56. The molecule has 0 aromatic heterocycles. The first-order valence-electron chi connectivity index (χ1n) is 3.48. The summed E-state index contributed by atoms with van der Waals surface area (Å²) in [6.07, 6.45) is -2.16. The fourth-order valence-electron chi connectivity index (χ4n) is 0.532. The smallest absolute Gasteiger partial charge is 0.379 e. The topological polar surface area (TPSA) is 35.5 Å². The van der Waals surface area contributed by atoms with E-state index in [2.05, 4.69) is 9.47 Å². The molecule has 0 unspecified atom stereocenters. The van der Waals surface area contributed by atoms with Crippen LogP contribution in [0.15, 0.2) is 11.8 Å². The molecule has 0 spiro atoms. The second kappa shape index (κ2) is 5.51. The van der Waals surface area contributed by atoms with Gasteiger partial charge in [0.2, 0.25) is 0 Å². The Labute approximate surface area is 69.0 Å². The van der Waals surface area contributed by atoms with Gasteiger partial charge >= 0.3 is 12.0 Å². The first kappa shape index (κ1) is 10.9. The zero-order valence-electron chi connectivity index (χ0n) is 6.89. The summed E-state index contributed by atoms with van der Waals surface area (Å²) in [5, 5.41) is 0. The van der Waals surface area contributed by atoms with Crippen molar-refractivity contribution >= 4 is 5.97 Å². The lowest BCUT2D eigenvalue weighted by molar-refractivity contribution is -0.143. The molecule has 0 rings (SSSR count). The van der Waals surface area contributed by atoms with Crippen LogP contribution >= 0.6 is 0 Å². The fourth-order valence-corrected chi connectivity index (χ4v) is 0.532. The van der Waals surface area contributed by atoms with Crippen LogP contribution in [-0.4, -0.2) is 19.2 Å². The van der Waals surface area contributed by atoms with Crippen molar-refractivity contribution < 1.29 is 23.0 Å². The van der Waals surface area contributed by atoms with Crippen LogP contribution in [-0.2, 0) is 14.3 Å². The van der Waals surface area contributed by atoms with Gasteiger partial charge in [0.1, 0.15) is 0 Å². The summed E-state index contributed by atoms with van der Waals surface area (Å²) >= 11 is 0. The third-order valence-electron chi connectivity index (χ3n) is 0.921. The Hall–Kier alpha value is -1.13. The zero-order valence-corrected chi connectivity index (χ0v) is 6.89. The average Bonchev–Trinajstić information content (AvgIpc) is 1.99. The lowest BCUT2D eigenvalue weighted by Gasteiger charge is -2.05. The van der Waals surface area contributed by atoms with E-state index in [0.29, 0.717) is 0 Å². The van der Waals surface area contributed by atoms with Gasteiger partial charge in [-0.3, -0.25) is 0 Å². The minimum absolute atomic E-state index is 0.00544. The Balaban J connectivity index is 4.32. The van der Waals surface area contributed by atoms with Crippen LogP contribution in [0.5, 0.6) is 0 Å². The Kier molecular flexibility index (Phi) is 4.99. The summed E-state index contributed by atoms with van der Waals surface area (Å²) in [6.45, 7) is 3.08. The molecule has 12 heavy (non-hydrogen) atoms. The van der Waals surface area contributed by atoms with Crippen molar-refractivity contribution in [1.82, 2.24) is 0 Å². The number of ether oxygens (including phenoxy) is 2. The Bertz CT molecular complexity index is 185. The Morgan fingerprint density at radius 3 is 2.00 bits per heavy atom. The molecule has 0 aliphatic rings. The SMILES string of the molecule is CCOC(=O)C(OCC)=C(F)F. The number of rotatable bonds is 4. The predicted molar refractivity (Wildman–Crippen MR) is 37.5 cm³/mol. The Morgan fingerprint density at radius 2 is 1.67 bits per heavy atom. The van der Waals surface area contributed by atoms with E-state index in [1.165, 1.54) is 13.8 Å². The van der Waals surface area contributed by atoms with Gasteiger partial charge in [0.25, 0.3) is 5.76 Å². The van der Waals surface area contributed by atoms with Crippen molar-refractivity contribution in [3.8, 4) is 0 Å². The van der Waals surface area contributed by atoms with E-state index in [4.69, 9.17) is 0 Å². The summed E-state index contributed by atoms with van der Waals surface area (Å²) in [5.41, 5.74) is 0. The van der Waals surface area contributed by atoms with Crippen molar-refractivity contribution in [1.29, 1.82) is 0 Å². The van der Waals surface area contributed by atoms with Gasteiger partial charge in [0, 0.05) is 0 Å². The average molecular weight is 180 g/mol. The molecule has 0 aliphatic heterocycles. The van der Waals surface area contributed by atoms with Gasteiger partial charge < -0.3 is 9.47 Å². The van der Waals surface area contributed by atoms with Crippen LogP contribution in [0.1, 0.15) is 13.8 Å². The maximum absolute atomic E-state index is 11.9. The molecule has 0 saturated carbocycles. The predicted octanol–water partition coefficient (Wildman–Crippen LogP) is 1.69. The minimum Gasteiger partial charge on any atom is -0.483 e. The summed E-state index contributed by atoms with van der Waals surface area (Å²) in [6, 6.07) is 0. The summed E-state index contributed by atoms with van der Waals surface area (Å²) in [7, 11) is 0. The molecule has 70 valence electrons. The molecule has 0 N–H and O–H groups in total. The molecule has 0 amide bonds. The number of carbonyl (C=O) groups is 1. The van der Waals surface area contributed by atoms with Gasteiger partial charge in [-0.2, -0.15) is 8.78 Å². The highest BCUT2D eigenvalue weighted by Gasteiger charge is 2.18. The summed E-state index contributed by atoms with van der Waals surface area (Å²) < 4.78 is 32.5. The van der Waals surface area contributed by atoms with E-state index in [9.17, 15) is 13.6 Å². The fraction of sp³-hybridized carbons (Fsp3) is 0.571. The molecule has 0 radical (unpaired) electrons. The highest BCUT2D eigenvalue weighted by Crippen LogP contribution is 2.10. The van der Waals surface area contributed by atoms with Crippen molar-refractivity contribution in [3.63, 3.8) is 0 Å². The van der Waals surface area contributed by atoms with Crippen LogP contribution in [0.4, 0.5) is 8.78 Å². The number of halogens is 2. The van der Waals surface area contributed by atoms with Gasteiger partial charge in [0.05, 0.1) is 13.2 Å². The Morgan fingerprint density at radius 1 is 1.17 bits per heavy atom. The number of carbonyl (C=O) groups excluding carboxylic acids is 1. The molecule has 0 aliphatic carbocycles. The van der Waals surface area contributed by atoms with Crippen molar-refractivity contribution in [2.45, 2.75) is 13.8 Å². The molecular weight excluding hydrogens is 170 g/mol. The van der Waals surface area contributed by atoms with E-state index >= 15 is 0 Å². The molecular formula is C7H10F2O3. The molecule has 0 aromatic carbocycles. The van der Waals surface area contributed by atoms with E-state index in [1.807, 2.05) is 0 Å². The molecule has 0 heterocycles. The van der Waals surface area contributed by atoms with Crippen molar-refractivity contribution in [2.75, 3.05) is 13.2 Å². The molecule has 5 heteroatoms. The minimum atomic E-state index is -2.16. The molecule has 0 atom stereocenters. The summed E-state index contributed by atoms with van der Waals surface area (Å²) in [5.74, 6) is -2.13. The molecule has 3 nitrogen and oxygen atoms in total. The molecule has 0 aromatic rings. The lowest BCUT2D eigenvalue weighted by Crippen LogP contribution is -2.11. The highest BCUT2D eigenvalue weighted by atomic mass is 19.3. The number of hydrogen-bond acceptors (Lipinski definition) is 3. The van der Waals surface area contributed by atoms with Gasteiger partial charge in [-0.15, -0.1) is 0 Å². The van der Waals surface area contributed by atoms with Gasteiger partial charge in [-0.25, -0.2) is 4.79 Å². The molecule has 0 fully saturated rings. The van der Waals surface area contributed by atoms with E-state index in [1.54, 1.807) is 0 Å². The summed E-state index contributed by atoms with van der Waals surface area (Å²) in [4.78, 5) is 10.7. The number of hydrogen-bond donors (Lipinski definition) is 0. The third kappa shape index (κ3) is 3.32. The van der Waals surface area contributed by atoms with Crippen LogP contribution < -0.4 is 0 Å². The lowest BCUT2D eigenvalue weighted by atomic mass is 10.5. The first-order valence-corrected chi connectivity index (χ1v) is 3.48. The molecule has 0 bridgehead atoms. The maximum Gasteiger partial charge on any atom is 0.379 e. The monoisotopic (exact) mass is 180 g/mol. The highest BCUT2D eigenvalue weighted by molar-refractivity contribution is 5.86. The number of esters is 1. The standard InChI is InChI=1S/C7H10F2O3/c1-3-11-5(6(8)9)7(10)12-4-2/h3-4H2,1-2H3. The normalized spacial score (nSPS) is 9.00. The maximum atomic E-state index is 11.9. The second-order valence-electron chi connectivity index (χ2n) is 1.74. The van der Waals surface area contributed by atoms with Crippen molar-refractivity contribution in [3.05, 3.63) is 11.8 Å². The van der Waals surface area contributed by atoms with E-state index in [-0.39, 0.29) is 13.2 Å². The van der Waals surface area contributed by atoms with Gasteiger partial charge in [0.15, 0.2) is 0 Å². The second-order valence-corrected chi connectivity index (χ2v) is 1.74. The van der Waals surface area contributed by atoms with Crippen LogP contribution in [0, 0.1) is 0 Å². The van der Waals surface area contributed by atoms with E-state index < -0.39 is 17.8 Å². The van der Waals surface area contributed by atoms with Crippen LogP contribution in [0.2, 0.25) is 0 Å². The van der Waals surface area contributed by atoms with Crippen LogP contribution in [0.25, 0.3) is 0 Å². The van der Waals surface area contributed by atoms with Gasteiger partial charge in [-0.1, -0.05) is 0 Å². The first-order chi connectivity index (χ1) is 5.63. The quantitative estimate of drug-likeness (QED) is 0.375. The largest absolute Gasteiger partial charge is 0.483 e. The van der Waals surface area contributed by atoms with Crippen molar-refractivity contribution in [2.24, 2.45) is 0 Å². The van der Waals surface area contributed by atoms with Crippen LogP contribution in [0.3, 0.4) is 0 Å². The molecule has 0 saturated heterocycles. The van der Waals surface area contributed by atoms with Gasteiger partial charge in [-0.05, 0) is 13.8 Å².